The highest BCUT2D eigenvalue weighted by atomic mass is 32.1. The number of methoxy groups -OCH3 is 2. The zero-order chi connectivity index (χ0) is 33.3. The second kappa shape index (κ2) is 10.7. The quantitative estimate of drug-likeness (QED) is 0.188. The molecule has 0 saturated carbocycles. The van der Waals surface area contributed by atoms with Crippen LogP contribution in [-0.2, 0) is 12.4 Å². The molecule has 4 aromatic rings. The van der Waals surface area contributed by atoms with E-state index in [4.69, 9.17) is 9.47 Å². The Labute approximate surface area is 254 Å². The van der Waals surface area contributed by atoms with E-state index in [0.29, 0.717) is 46.9 Å². The van der Waals surface area contributed by atoms with Gasteiger partial charge in [-0.2, -0.15) is 52.7 Å². The van der Waals surface area contributed by atoms with Gasteiger partial charge in [0.1, 0.15) is 0 Å². The van der Waals surface area contributed by atoms with Crippen LogP contribution in [0.2, 0.25) is 0 Å². The molecule has 0 unspecified atom stereocenters. The van der Waals surface area contributed by atoms with E-state index in [-0.39, 0.29) is 20.9 Å². The molecule has 16 heteroatoms. The maximum absolute atomic E-state index is 15.5. The van der Waals surface area contributed by atoms with Crippen LogP contribution in [0.1, 0.15) is 22.3 Å². The Morgan fingerprint density at radius 3 is 1.11 bits per heavy atom. The van der Waals surface area contributed by atoms with E-state index in [0.717, 1.165) is 50.6 Å². The Hall–Kier alpha value is -3.66. The molecule has 0 saturated heterocycles. The molecule has 2 heterocycles. The van der Waals surface area contributed by atoms with Crippen molar-refractivity contribution in [2.45, 2.75) is 30.1 Å². The van der Waals surface area contributed by atoms with E-state index >= 15 is 17.6 Å². The Morgan fingerprint density at radius 2 is 0.844 bits per heavy atom. The van der Waals surface area contributed by atoms with Gasteiger partial charge >= 0.3 is 30.1 Å². The molecule has 0 aliphatic heterocycles. The molecule has 2 aromatic heterocycles. The van der Waals surface area contributed by atoms with Gasteiger partial charge in [-0.3, -0.25) is 0 Å². The highest BCUT2D eigenvalue weighted by Crippen LogP contribution is 2.67. The minimum atomic E-state index is -5.96. The van der Waals surface area contributed by atoms with Crippen LogP contribution < -0.4 is 9.47 Å². The number of thiophene rings is 2. The van der Waals surface area contributed by atoms with Crippen LogP contribution in [0.3, 0.4) is 0 Å². The van der Waals surface area contributed by atoms with Crippen molar-refractivity contribution >= 4 is 33.8 Å². The number of allylic oxidation sites excluding steroid dienone is 2. The predicted molar refractivity (Wildman–Crippen MR) is 144 cm³/mol. The Balaban J connectivity index is 1.73. The van der Waals surface area contributed by atoms with Gasteiger partial charge in [0, 0.05) is 32.0 Å². The zero-order valence-corrected chi connectivity index (χ0v) is 24.1. The van der Waals surface area contributed by atoms with Gasteiger partial charge in [0.15, 0.2) is 10.1 Å². The first-order valence-corrected chi connectivity index (χ1v) is 14.0. The molecule has 0 bridgehead atoms. The molecule has 1 aliphatic rings. The summed E-state index contributed by atoms with van der Waals surface area (Å²) < 4.78 is 180. The van der Waals surface area contributed by atoms with Gasteiger partial charge in [-0.15, -0.1) is 0 Å². The average Bonchev–Trinajstić information content (AvgIpc) is 3.61. The van der Waals surface area contributed by atoms with Crippen molar-refractivity contribution in [3.8, 4) is 31.0 Å². The van der Waals surface area contributed by atoms with Gasteiger partial charge in [-0.05, 0) is 47.5 Å². The fourth-order valence-corrected chi connectivity index (χ4v) is 6.73. The topological polar surface area (TPSA) is 18.5 Å². The summed E-state index contributed by atoms with van der Waals surface area (Å²) in [7, 11) is 1.92. The first-order chi connectivity index (χ1) is 20.8. The van der Waals surface area contributed by atoms with Gasteiger partial charge in [-0.25, -0.2) is 0 Å². The van der Waals surface area contributed by atoms with E-state index < -0.39 is 73.6 Å². The molecule has 0 fully saturated rings. The minimum Gasteiger partial charge on any atom is -0.487 e. The third kappa shape index (κ3) is 5.24. The van der Waals surface area contributed by atoms with Crippen LogP contribution in [0, 0.1) is 0 Å². The van der Waals surface area contributed by atoms with Gasteiger partial charge in [0.2, 0.25) is 0 Å². The lowest BCUT2D eigenvalue weighted by Crippen LogP contribution is -2.48. The molecule has 0 N–H and O–H groups in total. The normalized spacial score (nSPS) is 17.6. The molecule has 2 aromatic carbocycles. The maximum Gasteiger partial charge on any atom is 0.416 e. The number of benzene rings is 2. The van der Waals surface area contributed by atoms with Gasteiger partial charge < -0.3 is 9.47 Å². The van der Waals surface area contributed by atoms with E-state index in [2.05, 4.69) is 0 Å². The Morgan fingerprint density at radius 1 is 0.533 bits per heavy atom. The van der Waals surface area contributed by atoms with Crippen LogP contribution in [0.4, 0.5) is 52.7 Å². The van der Waals surface area contributed by atoms with Crippen molar-refractivity contribution in [1.29, 1.82) is 0 Å². The van der Waals surface area contributed by atoms with Crippen molar-refractivity contribution in [2.24, 2.45) is 0 Å². The Bertz CT molecular complexity index is 1630. The summed E-state index contributed by atoms with van der Waals surface area (Å²) in [5.74, 6) is -17.0. The van der Waals surface area contributed by atoms with E-state index in [1.807, 2.05) is 0 Å². The lowest BCUT2D eigenvalue weighted by atomic mass is 9.96. The fourth-order valence-electron chi connectivity index (χ4n) is 4.76. The van der Waals surface area contributed by atoms with Gasteiger partial charge in [0.05, 0.1) is 25.3 Å². The largest absolute Gasteiger partial charge is 0.487 e. The first kappa shape index (κ1) is 32.7. The number of alkyl halides is 12. The van der Waals surface area contributed by atoms with Crippen LogP contribution in [0.5, 0.6) is 10.1 Å². The standard InChI is InChI=1S/C29H16F12O2S2/c1-42-23-17(11-19(44-23)13-3-7-15(8-4-13)27(34,35)36)21-22(26(32,33)29(40,41)25(21,30)31)18-12-20(45-24(18)43-2)14-5-9-16(10-6-14)28(37,38)39/h3-12H,1-2H3. The van der Waals surface area contributed by atoms with Crippen LogP contribution in [-0.4, -0.2) is 32.0 Å². The second-order valence-electron chi connectivity index (χ2n) is 9.66. The first-order valence-electron chi connectivity index (χ1n) is 12.4. The number of halogens is 12. The summed E-state index contributed by atoms with van der Waals surface area (Å²) in [4.78, 5) is -0.112. The van der Waals surface area contributed by atoms with Crippen LogP contribution >= 0.6 is 22.7 Å². The molecule has 0 atom stereocenters. The molecule has 45 heavy (non-hydrogen) atoms. The number of hydrogen-bond donors (Lipinski definition) is 0. The van der Waals surface area contributed by atoms with Gasteiger partial charge in [-0.1, -0.05) is 46.9 Å². The second-order valence-corrected chi connectivity index (χ2v) is 11.7. The molecule has 0 amide bonds. The number of ether oxygens (including phenoxy) is 2. The zero-order valence-electron chi connectivity index (χ0n) is 22.4. The summed E-state index contributed by atoms with van der Waals surface area (Å²) in [5, 5.41) is -1.02. The highest BCUT2D eigenvalue weighted by Gasteiger charge is 2.80. The maximum atomic E-state index is 15.5. The molecule has 0 spiro atoms. The van der Waals surface area contributed by atoms with Gasteiger partial charge in [0.25, 0.3) is 0 Å². The molecular formula is C29H16F12O2S2. The van der Waals surface area contributed by atoms with Crippen LogP contribution in [0.15, 0.2) is 60.7 Å². The minimum absolute atomic E-state index is 0.0252. The highest BCUT2D eigenvalue weighted by molar-refractivity contribution is 7.18. The van der Waals surface area contributed by atoms with Crippen molar-refractivity contribution in [1.82, 2.24) is 0 Å². The molecule has 5 rings (SSSR count). The smallest absolute Gasteiger partial charge is 0.416 e. The molecule has 0 radical (unpaired) electrons. The average molecular weight is 689 g/mol. The summed E-state index contributed by atoms with van der Waals surface area (Å²) in [6.07, 6.45) is -9.39. The lowest BCUT2D eigenvalue weighted by molar-refractivity contribution is -0.254. The molecular weight excluding hydrogens is 672 g/mol. The SMILES string of the molecule is COc1sc(-c2ccc(C(F)(F)F)cc2)cc1C1=C(c2cc(-c3ccc(C(F)(F)F)cc3)sc2OC)C(F)(F)C(F)(F)C1(F)F. The van der Waals surface area contributed by atoms with Crippen molar-refractivity contribution < 1.29 is 62.2 Å². The Kier molecular flexibility index (Phi) is 7.79. The third-order valence-electron chi connectivity index (χ3n) is 6.97. The fraction of sp³-hybridized carbons (Fsp3) is 0.241. The van der Waals surface area contributed by atoms with Crippen molar-refractivity contribution in [3.63, 3.8) is 0 Å². The van der Waals surface area contributed by atoms with Crippen molar-refractivity contribution in [2.75, 3.05) is 14.2 Å². The summed E-state index contributed by atoms with van der Waals surface area (Å²) in [5.41, 5.74) is -7.35. The summed E-state index contributed by atoms with van der Waals surface area (Å²) >= 11 is 1.09. The van der Waals surface area contributed by atoms with E-state index in [1.165, 1.54) is 0 Å². The molecule has 1 aliphatic carbocycles. The summed E-state index contributed by atoms with van der Waals surface area (Å²) in [6, 6.07) is 8.39. The third-order valence-corrected chi connectivity index (χ3v) is 9.26. The monoisotopic (exact) mass is 688 g/mol. The van der Waals surface area contributed by atoms with Crippen LogP contribution in [0.25, 0.3) is 32.0 Å². The lowest BCUT2D eigenvalue weighted by Gasteiger charge is -2.25. The summed E-state index contributed by atoms with van der Waals surface area (Å²) in [6.45, 7) is 0. The number of rotatable bonds is 6. The van der Waals surface area contributed by atoms with E-state index in [1.54, 1.807) is 0 Å². The predicted octanol–water partition coefficient (Wildman–Crippen LogP) is 11.0. The molecule has 2 nitrogen and oxygen atoms in total. The van der Waals surface area contributed by atoms with Crippen molar-refractivity contribution in [3.05, 3.63) is 82.9 Å². The molecule has 240 valence electrons. The number of hydrogen-bond acceptors (Lipinski definition) is 4. The van der Waals surface area contributed by atoms with E-state index in [9.17, 15) is 35.1 Å².